The van der Waals surface area contributed by atoms with Crippen LogP contribution in [0.15, 0.2) is 0 Å². The van der Waals surface area contributed by atoms with E-state index < -0.39 is 0 Å². The second-order valence-electron chi connectivity index (χ2n) is 7.33. The summed E-state index contributed by atoms with van der Waals surface area (Å²) in [5, 5.41) is 0. The quantitative estimate of drug-likeness (QED) is 0.750. The van der Waals surface area contributed by atoms with Crippen LogP contribution in [-0.4, -0.2) is 6.54 Å². The molecule has 0 amide bonds. The number of hydrogen-bond donors (Lipinski definition) is 1. The van der Waals surface area contributed by atoms with Gasteiger partial charge in [-0.2, -0.15) is 0 Å². The molecule has 0 bridgehead atoms. The predicted octanol–water partition coefficient (Wildman–Crippen LogP) is 4.07. The molecule has 18 heavy (non-hydrogen) atoms. The van der Waals surface area contributed by atoms with Crippen LogP contribution in [0.3, 0.4) is 0 Å². The summed E-state index contributed by atoms with van der Waals surface area (Å²) in [4.78, 5) is 0. The molecule has 0 spiro atoms. The molecule has 0 aromatic rings. The predicted molar refractivity (Wildman–Crippen MR) is 80.1 cm³/mol. The third kappa shape index (κ3) is 5.02. The Hall–Kier alpha value is -0.480. The minimum atomic E-state index is 0.129. The first-order valence-corrected chi connectivity index (χ1v) is 7.53. The topological polar surface area (TPSA) is 26.0 Å². The summed E-state index contributed by atoms with van der Waals surface area (Å²) in [5.74, 6) is 9.90. The standard InChI is InChI=1S/C17H31N/c1-13(2)14-8-9-16(12-18)15(11-14)7-6-10-17(3,4)5/h13-16H,7-9,11-12,18H2,1-5H3. The van der Waals surface area contributed by atoms with Gasteiger partial charge in [0.25, 0.3) is 0 Å². The van der Waals surface area contributed by atoms with Gasteiger partial charge in [0.15, 0.2) is 0 Å². The molecule has 1 heteroatoms. The lowest BCUT2D eigenvalue weighted by Gasteiger charge is -2.36. The molecule has 0 aromatic carbocycles. The van der Waals surface area contributed by atoms with Crippen molar-refractivity contribution in [2.24, 2.45) is 34.8 Å². The highest BCUT2D eigenvalue weighted by Gasteiger charge is 2.30. The summed E-state index contributed by atoms with van der Waals surface area (Å²) in [6.45, 7) is 12.1. The Morgan fingerprint density at radius 2 is 1.83 bits per heavy atom. The van der Waals surface area contributed by atoms with Gasteiger partial charge in [0.05, 0.1) is 0 Å². The maximum atomic E-state index is 5.92. The number of hydrogen-bond acceptors (Lipinski definition) is 1. The van der Waals surface area contributed by atoms with Gasteiger partial charge in [-0.25, -0.2) is 0 Å². The van der Waals surface area contributed by atoms with E-state index in [4.69, 9.17) is 5.73 Å². The molecular formula is C17H31N. The molecule has 104 valence electrons. The van der Waals surface area contributed by atoms with Crippen LogP contribution in [0.25, 0.3) is 0 Å². The number of rotatable bonds is 3. The molecular weight excluding hydrogens is 218 g/mol. The van der Waals surface area contributed by atoms with Crippen molar-refractivity contribution in [3.05, 3.63) is 0 Å². The zero-order valence-electron chi connectivity index (χ0n) is 12.9. The van der Waals surface area contributed by atoms with E-state index >= 15 is 0 Å². The lowest BCUT2D eigenvalue weighted by Crippen LogP contribution is -2.31. The van der Waals surface area contributed by atoms with Gasteiger partial charge in [0, 0.05) is 11.8 Å². The number of nitrogens with two attached hydrogens (primary N) is 1. The molecule has 0 heterocycles. The van der Waals surface area contributed by atoms with Gasteiger partial charge in [0.1, 0.15) is 0 Å². The fourth-order valence-corrected chi connectivity index (χ4v) is 2.98. The van der Waals surface area contributed by atoms with Crippen molar-refractivity contribution >= 4 is 0 Å². The Labute approximate surface area is 114 Å². The summed E-state index contributed by atoms with van der Waals surface area (Å²) >= 11 is 0. The third-order valence-electron chi connectivity index (χ3n) is 4.25. The van der Waals surface area contributed by atoms with Crippen molar-refractivity contribution in [1.29, 1.82) is 0 Å². The van der Waals surface area contributed by atoms with Crippen LogP contribution in [0.4, 0.5) is 0 Å². The van der Waals surface area contributed by atoms with E-state index in [2.05, 4.69) is 46.5 Å². The van der Waals surface area contributed by atoms with Gasteiger partial charge in [-0.05, 0) is 70.3 Å². The monoisotopic (exact) mass is 249 g/mol. The van der Waals surface area contributed by atoms with E-state index in [0.717, 1.165) is 30.7 Å². The highest BCUT2D eigenvalue weighted by Crippen LogP contribution is 2.38. The lowest BCUT2D eigenvalue weighted by molar-refractivity contribution is 0.154. The van der Waals surface area contributed by atoms with Crippen LogP contribution in [0, 0.1) is 40.9 Å². The normalized spacial score (nSPS) is 28.9. The first-order chi connectivity index (χ1) is 8.33. The van der Waals surface area contributed by atoms with E-state index in [0.29, 0.717) is 5.92 Å². The SMILES string of the molecule is CC(C)C1CCC(CN)C(CC#CC(C)(C)C)C1. The smallest absolute Gasteiger partial charge is 0.0230 e. The molecule has 1 aliphatic carbocycles. The minimum Gasteiger partial charge on any atom is -0.330 e. The Kier molecular flexibility index (Phi) is 5.73. The molecule has 1 nitrogen and oxygen atoms in total. The van der Waals surface area contributed by atoms with Gasteiger partial charge in [-0.1, -0.05) is 19.8 Å². The molecule has 0 saturated heterocycles. The minimum absolute atomic E-state index is 0.129. The maximum Gasteiger partial charge on any atom is 0.0230 e. The second kappa shape index (κ2) is 6.62. The van der Waals surface area contributed by atoms with Crippen LogP contribution >= 0.6 is 0 Å². The third-order valence-corrected chi connectivity index (χ3v) is 4.25. The molecule has 0 radical (unpaired) electrons. The molecule has 2 N–H and O–H groups in total. The second-order valence-corrected chi connectivity index (χ2v) is 7.33. The van der Waals surface area contributed by atoms with Gasteiger partial charge in [-0.3, -0.25) is 0 Å². The van der Waals surface area contributed by atoms with Crippen molar-refractivity contribution in [2.45, 2.75) is 60.3 Å². The largest absolute Gasteiger partial charge is 0.330 e. The van der Waals surface area contributed by atoms with Crippen LogP contribution in [0.5, 0.6) is 0 Å². The van der Waals surface area contributed by atoms with Gasteiger partial charge < -0.3 is 5.73 Å². The van der Waals surface area contributed by atoms with Crippen molar-refractivity contribution in [2.75, 3.05) is 6.54 Å². The fourth-order valence-electron chi connectivity index (χ4n) is 2.98. The van der Waals surface area contributed by atoms with E-state index in [-0.39, 0.29) is 5.41 Å². The van der Waals surface area contributed by atoms with Gasteiger partial charge in [0.2, 0.25) is 0 Å². The van der Waals surface area contributed by atoms with E-state index in [9.17, 15) is 0 Å². The molecule has 3 atom stereocenters. The fraction of sp³-hybridized carbons (Fsp3) is 0.882. The average molecular weight is 249 g/mol. The first-order valence-electron chi connectivity index (χ1n) is 7.53. The average Bonchev–Trinajstić information content (AvgIpc) is 2.27. The van der Waals surface area contributed by atoms with Crippen LogP contribution in [0.2, 0.25) is 0 Å². The van der Waals surface area contributed by atoms with Crippen LogP contribution in [-0.2, 0) is 0 Å². The molecule has 1 fully saturated rings. The van der Waals surface area contributed by atoms with Crippen molar-refractivity contribution in [3.8, 4) is 11.8 Å². The van der Waals surface area contributed by atoms with Crippen molar-refractivity contribution in [1.82, 2.24) is 0 Å². The molecule has 1 aliphatic rings. The van der Waals surface area contributed by atoms with Gasteiger partial charge in [-0.15, -0.1) is 5.92 Å². The molecule has 1 saturated carbocycles. The van der Waals surface area contributed by atoms with E-state index in [1.165, 1.54) is 19.3 Å². The molecule has 1 rings (SSSR count). The first kappa shape index (κ1) is 15.6. The molecule has 3 unspecified atom stereocenters. The van der Waals surface area contributed by atoms with Crippen LogP contribution in [0.1, 0.15) is 60.3 Å². The Balaban J connectivity index is 2.60. The lowest BCUT2D eigenvalue weighted by atomic mass is 9.69. The Morgan fingerprint density at radius 3 is 2.33 bits per heavy atom. The zero-order valence-corrected chi connectivity index (χ0v) is 12.9. The summed E-state index contributed by atoms with van der Waals surface area (Å²) in [6, 6.07) is 0. The highest BCUT2D eigenvalue weighted by molar-refractivity contribution is 5.08. The van der Waals surface area contributed by atoms with Gasteiger partial charge >= 0.3 is 0 Å². The van der Waals surface area contributed by atoms with Crippen molar-refractivity contribution < 1.29 is 0 Å². The summed E-state index contributed by atoms with van der Waals surface area (Å²) in [6.07, 6.45) is 5.05. The summed E-state index contributed by atoms with van der Waals surface area (Å²) < 4.78 is 0. The van der Waals surface area contributed by atoms with E-state index in [1.807, 2.05) is 0 Å². The summed E-state index contributed by atoms with van der Waals surface area (Å²) in [7, 11) is 0. The van der Waals surface area contributed by atoms with Crippen molar-refractivity contribution in [3.63, 3.8) is 0 Å². The summed E-state index contributed by atoms with van der Waals surface area (Å²) in [5.41, 5.74) is 6.05. The highest BCUT2D eigenvalue weighted by atomic mass is 14.6. The zero-order chi connectivity index (χ0) is 13.8. The Morgan fingerprint density at radius 1 is 1.17 bits per heavy atom. The molecule has 0 aliphatic heterocycles. The molecule has 0 aromatic heterocycles. The van der Waals surface area contributed by atoms with Crippen LogP contribution < -0.4 is 5.73 Å². The Bertz CT molecular complexity index is 300. The maximum absolute atomic E-state index is 5.92. The van der Waals surface area contributed by atoms with E-state index in [1.54, 1.807) is 0 Å².